The van der Waals surface area contributed by atoms with Crippen molar-refractivity contribution in [2.24, 2.45) is 0 Å². The van der Waals surface area contributed by atoms with Gasteiger partial charge >= 0.3 is 0 Å². The summed E-state index contributed by atoms with van der Waals surface area (Å²) in [6.45, 7) is 5.82. The van der Waals surface area contributed by atoms with Crippen LogP contribution in [0.25, 0.3) is 0 Å². The Balaban J connectivity index is 3.27. The second-order valence-corrected chi connectivity index (χ2v) is 2.25. The van der Waals surface area contributed by atoms with Gasteiger partial charge in [-0.25, -0.2) is 0 Å². The maximum absolute atomic E-state index is 9.94. The predicted octanol–water partition coefficient (Wildman–Crippen LogP) is 1.36. The van der Waals surface area contributed by atoms with Crippen molar-refractivity contribution in [3.05, 3.63) is 0 Å². The van der Waals surface area contributed by atoms with E-state index in [1.807, 2.05) is 13.8 Å². The van der Waals surface area contributed by atoms with E-state index in [1.54, 1.807) is 0 Å². The monoisotopic (exact) mass is 160 g/mol. The number of hydrogen-bond acceptors (Lipinski definition) is 3. The molecule has 0 aliphatic heterocycles. The topological polar surface area (TPSA) is 35.5 Å². The van der Waals surface area contributed by atoms with Crippen molar-refractivity contribution in [1.82, 2.24) is 0 Å². The normalized spacial score (nSPS) is 12.5. The summed E-state index contributed by atoms with van der Waals surface area (Å²) in [5.74, 6) is 0. The molecule has 11 heavy (non-hydrogen) atoms. The molecule has 3 nitrogen and oxygen atoms in total. The molecule has 0 radical (unpaired) electrons. The van der Waals surface area contributed by atoms with Crippen molar-refractivity contribution >= 4 is 6.47 Å². The van der Waals surface area contributed by atoms with Crippen LogP contribution in [0.1, 0.15) is 26.7 Å². The molecule has 0 rings (SSSR count). The molecule has 0 aromatic carbocycles. The molecule has 0 saturated carbocycles. The van der Waals surface area contributed by atoms with Crippen LogP contribution in [0.15, 0.2) is 0 Å². The van der Waals surface area contributed by atoms with Crippen molar-refractivity contribution in [2.75, 3.05) is 13.2 Å². The molecule has 3 heteroatoms. The van der Waals surface area contributed by atoms with E-state index in [2.05, 4.69) is 0 Å². The molecule has 0 aliphatic carbocycles. The molecule has 0 saturated heterocycles. The Hall–Kier alpha value is -0.570. The van der Waals surface area contributed by atoms with Crippen LogP contribution < -0.4 is 0 Å². The molecule has 0 aromatic heterocycles. The highest BCUT2D eigenvalue weighted by atomic mass is 16.5. The number of hydrogen-bond donors (Lipinski definition) is 0. The van der Waals surface area contributed by atoms with Crippen LogP contribution in [0.4, 0.5) is 0 Å². The molecule has 0 N–H and O–H groups in total. The smallest absolute Gasteiger partial charge is 0.293 e. The zero-order valence-electron chi connectivity index (χ0n) is 7.21. The minimum Gasteiger partial charge on any atom is -0.465 e. The van der Waals surface area contributed by atoms with E-state index < -0.39 is 0 Å². The van der Waals surface area contributed by atoms with Gasteiger partial charge < -0.3 is 9.47 Å². The van der Waals surface area contributed by atoms with Gasteiger partial charge in [0.25, 0.3) is 6.47 Å². The van der Waals surface area contributed by atoms with E-state index in [0.717, 1.165) is 19.4 Å². The summed E-state index contributed by atoms with van der Waals surface area (Å²) in [6, 6.07) is 0. The van der Waals surface area contributed by atoms with Gasteiger partial charge in [-0.3, -0.25) is 4.79 Å². The highest BCUT2D eigenvalue weighted by molar-refractivity contribution is 5.37. The van der Waals surface area contributed by atoms with Gasteiger partial charge in [-0.1, -0.05) is 6.92 Å². The van der Waals surface area contributed by atoms with Crippen molar-refractivity contribution < 1.29 is 14.3 Å². The SMILES string of the molecule is CCOCCC(CC)OC=O. The second kappa shape index (κ2) is 7.54. The first-order valence-corrected chi connectivity index (χ1v) is 4.02. The molecular weight excluding hydrogens is 144 g/mol. The van der Waals surface area contributed by atoms with Gasteiger partial charge in [0.15, 0.2) is 0 Å². The zero-order valence-corrected chi connectivity index (χ0v) is 7.21. The van der Waals surface area contributed by atoms with Crippen LogP contribution in [0.2, 0.25) is 0 Å². The molecule has 0 aliphatic rings. The molecule has 0 spiro atoms. The fourth-order valence-electron chi connectivity index (χ4n) is 0.806. The van der Waals surface area contributed by atoms with Crippen molar-refractivity contribution in [3.8, 4) is 0 Å². The van der Waals surface area contributed by atoms with Crippen LogP contribution in [0.3, 0.4) is 0 Å². The van der Waals surface area contributed by atoms with Crippen LogP contribution in [0, 0.1) is 0 Å². The van der Waals surface area contributed by atoms with Crippen LogP contribution in [0.5, 0.6) is 0 Å². The van der Waals surface area contributed by atoms with E-state index in [1.165, 1.54) is 0 Å². The van der Waals surface area contributed by atoms with Crippen LogP contribution in [-0.4, -0.2) is 25.8 Å². The number of carbonyl (C=O) groups excluding carboxylic acids is 1. The van der Waals surface area contributed by atoms with Gasteiger partial charge in [-0.2, -0.15) is 0 Å². The van der Waals surface area contributed by atoms with Gasteiger partial charge in [0, 0.05) is 13.0 Å². The summed E-state index contributed by atoms with van der Waals surface area (Å²) in [4.78, 5) is 9.94. The summed E-state index contributed by atoms with van der Waals surface area (Å²) in [5, 5.41) is 0. The Kier molecular flexibility index (Phi) is 7.15. The van der Waals surface area contributed by atoms with Crippen molar-refractivity contribution in [3.63, 3.8) is 0 Å². The number of carbonyl (C=O) groups is 1. The molecule has 0 bridgehead atoms. The Morgan fingerprint density at radius 1 is 1.45 bits per heavy atom. The lowest BCUT2D eigenvalue weighted by Gasteiger charge is -2.11. The van der Waals surface area contributed by atoms with Gasteiger partial charge in [0.1, 0.15) is 6.10 Å². The first kappa shape index (κ1) is 10.4. The third-order valence-corrected chi connectivity index (χ3v) is 1.49. The first-order valence-electron chi connectivity index (χ1n) is 4.02. The van der Waals surface area contributed by atoms with E-state index in [9.17, 15) is 4.79 Å². The molecular formula is C8H16O3. The fourth-order valence-corrected chi connectivity index (χ4v) is 0.806. The molecule has 0 amide bonds. The lowest BCUT2D eigenvalue weighted by atomic mass is 10.2. The number of rotatable bonds is 7. The maximum Gasteiger partial charge on any atom is 0.293 e. The summed E-state index contributed by atoms with van der Waals surface area (Å²) in [6.07, 6.45) is 1.67. The Morgan fingerprint density at radius 2 is 2.18 bits per heavy atom. The average Bonchev–Trinajstić information content (AvgIpc) is 2.03. The number of ether oxygens (including phenoxy) is 2. The third-order valence-electron chi connectivity index (χ3n) is 1.49. The maximum atomic E-state index is 9.94. The molecule has 0 aromatic rings. The third kappa shape index (κ3) is 5.85. The zero-order chi connectivity index (χ0) is 8.53. The minimum absolute atomic E-state index is 0.0269. The Labute approximate surface area is 67.7 Å². The molecule has 0 fully saturated rings. The Bertz CT molecular complexity index is 93.3. The van der Waals surface area contributed by atoms with Gasteiger partial charge in [0.2, 0.25) is 0 Å². The van der Waals surface area contributed by atoms with Crippen molar-refractivity contribution in [2.45, 2.75) is 32.8 Å². The predicted molar refractivity (Wildman–Crippen MR) is 42.3 cm³/mol. The molecule has 0 heterocycles. The van der Waals surface area contributed by atoms with Crippen molar-refractivity contribution in [1.29, 1.82) is 0 Å². The van der Waals surface area contributed by atoms with Gasteiger partial charge in [-0.05, 0) is 13.3 Å². The quantitative estimate of drug-likeness (QED) is 0.416. The summed E-state index contributed by atoms with van der Waals surface area (Å²) in [7, 11) is 0. The van der Waals surface area contributed by atoms with E-state index >= 15 is 0 Å². The molecule has 66 valence electrons. The molecule has 1 atom stereocenters. The average molecular weight is 160 g/mol. The Morgan fingerprint density at radius 3 is 2.64 bits per heavy atom. The summed E-state index contributed by atoms with van der Waals surface area (Å²) >= 11 is 0. The standard InChI is InChI=1S/C8H16O3/c1-3-8(11-7-9)5-6-10-4-2/h7-8H,3-6H2,1-2H3. The summed E-state index contributed by atoms with van der Waals surface area (Å²) in [5.41, 5.74) is 0. The summed E-state index contributed by atoms with van der Waals surface area (Å²) < 4.78 is 9.89. The van der Waals surface area contributed by atoms with Crippen LogP contribution >= 0.6 is 0 Å². The minimum atomic E-state index is 0.0269. The largest absolute Gasteiger partial charge is 0.465 e. The highest BCUT2D eigenvalue weighted by Gasteiger charge is 2.04. The second-order valence-electron chi connectivity index (χ2n) is 2.25. The van der Waals surface area contributed by atoms with E-state index in [0.29, 0.717) is 13.1 Å². The lowest BCUT2D eigenvalue weighted by Crippen LogP contribution is -2.13. The fraction of sp³-hybridized carbons (Fsp3) is 0.875. The van der Waals surface area contributed by atoms with Crippen LogP contribution in [-0.2, 0) is 14.3 Å². The van der Waals surface area contributed by atoms with Gasteiger partial charge in [0.05, 0.1) is 6.61 Å². The van der Waals surface area contributed by atoms with Gasteiger partial charge in [-0.15, -0.1) is 0 Å². The molecule has 1 unspecified atom stereocenters. The lowest BCUT2D eigenvalue weighted by molar-refractivity contribution is -0.134. The van der Waals surface area contributed by atoms with E-state index in [-0.39, 0.29) is 6.10 Å². The van der Waals surface area contributed by atoms with E-state index in [4.69, 9.17) is 9.47 Å². The first-order chi connectivity index (χ1) is 5.35. The highest BCUT2D eigenvalue weighted by Crippen LogP contribution is 2.01.